The number of carbonyl (C=O) groups excluding carboxylic acids is 1. The molecule has 9 heteroatoms. The van der Waals surface area contributed by atoms with E-state index in [1.54, 1.807) is 30.3 Å². The maximum Gasteiger partial charge on any atom is 0.298 e. The van der Waals surface area contributed by atoms with E-state index in [0.29, 0.717) is 21.4 Å². The number of halogens is 2. The molecule has 0 saturated heterocycles. The molecule has 1 amide bonds. The van der Waals surface area contributed by atoms with Crippen LogP contribution in [-0.2, 0) is 4.79 Å². The van der Waals surface area contributed by atoms with Crippen molar-refractivity contribution in [2.24, 2.45) is 0 Å². The van der Waals surface area contributed by atoms with Crippen LogP contribution in [-0.4, -0.2) is 16.9 Å². The number of hydrogen-bond donors (Lipinski definition) is 1. The molecule has 1 N–H and O–H groups in total. The number of amides is 1. The van der Waals surface area contributed by atoms with Gasteiger partial charge in [0.1, 0.15) is 0 Å². The zero-order valence-electron chi connectivity index (χ0n) is 12.6. The highest BCUT2D eigenvalue weighted by atomic mass is 35.5. The first-order chi connectivity index (χ1) is 12.0. The fourth-order valence-electron chi connectivity index (χ4n) is 2.01. The lowest BCUT2D eigenvalue weighted by molar-refractivity contribution is -0.705. The fourth-order valence-corrected chi connectivity index (χ4v) is 3.10. The van der Waals surface area contributed by atoms with Crippen molar-refractivity contribution in [3.63, 3.8) is 0 Å². The Morgan fingerprint density at radius 3 is 2.76 bits per heavy atom. The number of rotatable bonds is 5. The second-order valence-electron chi connectivity index (χ2n) is 4.87. The predicted molar refractivity (Wildman–Crippen MR) is 93.3 cm³/mol. The molecule has 0 aliphatic heterocycles. The minimum absolute atomic E-state index is 0.0217. The van der Waals surface area contributed by atoms with Gasteiger partial charge in [0.15, 0.2) is 5.95 Å². The van der Waals surface area contributed by atoms with Gasteiger partial charge in [0.25, 0.3) is 5.03 Å². The lowest BCUT2D eigenvalue weighted by Gasteiger charge is -2.06. The summed E-state index contributed by atoms with van der Waals surface area (Å²) in [6, 6.07) is 13.8. The summed E-state index contributed by atoms with van der Waals surface area (Å²) in [6.45, 7) is 0. The van der Waals surface area contributed by atoms with E-state index >= 15 is 0 Å². The van der Waals surface area contributed by atoms with Crippen molar-refractivity contribution in [3.8, 4) is 11.6 Å². The Hall–Kier alpha value is -2.22. The largest absolute Gasteiger partial charge is 0.538 e. The standard InChI is InChI=1S/C16H11Cl2N3O3S/c17-10-6-7-12(18)13(8-10)19-14(22)9-25-15-16(23)24-20-21(15)11-4-2-1-3-5-11/h1-8H,9H2,(H-,19,20,22,23). The van der Waals surface area contributed by atoms with Crippen LogP contribution in [0.5, 0.6) is 5.95 Å². The Morgan fingerprint density at radius 2 is 2.00 bits per heavy atom. The van der Waals surface area contributed by atoms with Crippen LogP contribution in [0.3, 0.4) is 0 Å². The van der Waals surface area contributed by atoms with Gasteiger partial charge in [-0.15, -0.1) is 0 Å². The van der Waals surface area contributed by atoms with Crippen LogP contribution in [0.4, 0.5) is 5.69 Å². The van der Waals surface area contributed by atoms with E-state index in [9.17, 15) is 9.90 Å². The molecular formula is C16H11Cl2N3O3S. The van der Waals surface area contributed by atoms with E-state index in [0.717, 1.165) is 11.8 Å². The number of hydrogen-bond acceptors (Lipinski definition) is 5. The maximum atomic E-state index is 12.1. The van der Waals surface area contributed by atoms with Gasteiger partial charge in [0.05, 0.1) is 21.7 Å². The molecule has 0 radical (unpaired) electrons. The van der Waals surface area contributed by atoms with Crippen molar-refractivity contribution < 1.29 is 19.1 Å². The van der Waals surface area contributed by atoms with E-state index in [4.69, 9.17) is 27.7 Å². The van der Waals surface area contributed by atoms with E-state index < -0.39 is 5.95 Å². The Kier molecular flexibility index (Phi) is 5.47. The highest BCUT2D eigenvalue weighted by Gasteiger charge is 2.22. The van der Waals surface area contributed by atoms with Gasteiger partial charge in [0.2, 0.25) is 11.6 Å². The van der Waals surface area contributed by atoms with Gasteiger partial charge in [0, 0.05) is 17.2 Å². The SMILES string of the molecule is O=C(CSc1c([O-])on[n+]1-c1ccccc1)Nc1cc(Cl)ccc1Cl. The van der Waals surface area contributed by atoms with E-state index in [1.807, 2.05) is 18.2 Å². The zero-order valence-corrected chi connectivity index (χ0v) is 14.9. The Morgan fingerprint density at radius 1 is 1.24 bits per heavy atom. The second-order valence-corrected chi connectivity index (χ2v) is 6.68. The summed E-state index contributed by atoms with van der Waals surface area (Å²) >= 11 is 12.9. The third-order valence-electron chi connectivity index (χ3n) is 3.12. The van der Waals surface area contributed by atoms with Crippen LogP contribution in [0.25, 0.3) is 5.69 Å². The van der Waals surface area contributed by atoms with Crippen LogP contribution in [0.1, 0.15) is 0 Å². The van der Waals surface area contributed by atoms with Gasteiger partial charge < -0.3 is 14.9 Å². The predicted octanol–water partition coefficient (Wildman–Crippen LogP) is 3.06. The van der Waals surface area contributed by atoms with Crippen LogP contribution in [0, 0.1) is 0 Å². The number of nitrogens with one attached hydrogen (secondary N) is 1. The number of carbonyl (C=O) groups is 1. The van der Waals surface area contributed by atoms with Crippen molar-refractivity contribution >= 4 is 46.6 Å². The van der Waals surface area contributed by atoms with Crippen LogP contribution < -0.4 is 15.1 Å². The summed E-state index contributed by atoms with van der Waals surface area (Å²) in [5.41, 5.74) is 1.07. The van der Waals surface area contributed by atoms with Crippen molar-refractivity contribution in [1.82, 2.24) is 5.27 Å². The molecule has 0 aliphatic carbocycles. The van der Waals surface area contributed by atoms with Gasteiger partial charge in [-0.3, -0.25) is 4.79 Å². The molecule has 1 aromatic heterocycles. The molecule has 1 heterocycles. The summed E-state index contributed by atoms with van der Waals surface area (Å²) in [4.78, 5) is 12.1. The molecule has 2 aromatic carbocycles. The normalized spacial score (nSPS) is 10.6. The molecule has 0 bridgehead atoms. The van der Waals surface area contributed by atoms with Crippen LogP contribution in [0.2, 0.25) is 10.0 Å². The van der Waals surface area contributed by atoms with Crippen molar-refractivity contribution in [1.29, 1.82) is 0 Å². The monoisotopic (exact) mass is 395 g/mol. The first kappa shape index (κ1) is 17.6. The zero-order chi connectivity index (χ0) is 17.8. The van der Waals surface area contributed by atoms with E-state index in [1.165, 1.54) is 4.68 Å². The van der Waals surface area contributed by atoms with Crippen LogP contribution in [0.15, 0.2) is 58.1 Å². The molecule has 0 fully saturated rings. The molecule has 25 heavy (non-hydrogen) atoms. The highest BCUT2D eigenvalue weighted by Crippen LogP contribution is 2.27. The summed E-state index contributed by atoms with van der Waals surface area (Å²) in [5, 5.41) is 19.2. The maximum absolute atomic E-state index is 12.1. The molecule has 0 saturated carbocycles. The minimum Gasteiger partial charge on any atom is -0.538 e. The first-order valence-corrected chi connectivity index (χ1v) is 8.81. The van der Waals surface area contributed by atoms with E-state index in [2.05, 4.69) is 10.6 Å². The molecule has 6 nitrogen and oxygen atoms in total. The van der Waals surface area contributed by atoms with Crippen LogP contribution >= 0.6 is 35.0 Å². The summed E-state index contributed by atoms with van der Waals surface area (Å²) in [7, 11) is 0. The molecular weight excluding hydrogens is 385 g/mol. The first-order valence-electron chi connectivity index (χ1n) is 7.07. The lowest BCUT2D eigenvalue weighted by atomic mass is 10.3. The highest BCUT2D eigenvalue weighted by molar-refractivity contribution is 7.99. The molecule has 0 aliphatic rings. The van der Waals surface area contributed by atoms with Gasteiger partial charge in [-0.05, 0) is 34.6 Å². The topological polar surface area (TPSA) is 82.1 Å². The van der Waals surface area contributed by atoms with Gasteiger partial charge in [-0.25, -0.2) is 0 Å². The molecule has 0 spiro atoms. The third kappa shape index (κ3) is 4.25. The minimum atomic E-state index is -0.609. The Labute approximate surface area is 157 Å². The molecule has 0 unspecified atom stereocenters. The number of para-hydroxylation sites is 1. The fraction of sp³-hybridized carbons (Fsp3) is 0.0625. The van der Waals surface area contributed by atoms with Crippen molar-refractivity contribution in [3.05, 3.63) is 58.6 Å². The van der Waals surface area contributed by atoms with Gasteiger partial charge >= 0.3 is 0 Å². The summed E-state index contributed by atoms with van der Waals surface area (Å²) in [5.74, 6) is -0.969. The summed E-state index contributed by atoms with van der Waals surface area (Å²) in [6.07, 6.45) is 0. The van der Waals surface area contributed by atoms with Gasteiger partial charge in [-0.2, -0.15) is 0 Å². The number of benzene rings is 2. The smallest absolute Gasteiger partial charge is 0.298 e. The number of nitrogens with zero attached hydrogens (tertiary/aromatic N) is 2. The summed E-state index contributed by atoms with van der Waals surface area (Å²) < 4.78 is 6.06. The van der Waals surface area contributed by atoms with E-state index in [-0.39, 0.29) is 16.7 Å². The quantitative estimate of drug-likeness (QED) is 0.530. The number of aromatic nitrogens is 2. The molecule has 128 valence electrons. The Balaban J connectivity index is 1.71. The van der Waals surface area contributed by atoms with Crippen molar-refractivity contribution in [2.45, 2.75) is 5.03 Å². The second kappa shape index (κ2) is 7.77. The average molecular weight is 396 g/mol. The molecule has 3 aromatic rings. The molecule has 0 atom stereocenters. The molecule has 3 rings (SSSR count). The number of thioether (sulfide) groups is 1. The average Bonchev–Trinajstić information content (AvgIpc) is 2.98. The van der Waals surface area contributed by atoms with Crippen molar-refractivity contribution in [2.75, 3.05) is 11.1 Å². The van der Waals surface area contributed by atoms with Gasteiger partial charge in [-0.1, -0.05) is 41.4 Å². The Bertz CT molecular complexity index is 903. The third-order valence-corrected chi connectivity index (χ3v) is 4.70. The lowest BCUT2D eigenvalue weighted by Crippen LogP contribution is -2.35. The number of anilines is 1.